The van der Waals surface area contributed by atoms with Crippen molar-refractivity contribution in [2.45, 2.75) is 37.5 Å². The first-order valence-electron chi connectivity index (χ1n) is 18.4. The normalized spacial score (nSPS) is 11.2. The number of aromatic nitrogens is 4. The summed E-state index contributed by atoms with van der Waals surface area (Å²) in [6.45, 7) is 6.84. The molecule has 6 aromatic rings. The van der Waals surface area contributed by atoms with E-state index < -0.39 is 43.2 Å². The van der Waals surface area contributed by atoms with E-state index in [0.29, 0.717) is 21.4 Å². The van der Waals surface area contributed by atoms with Gasteiger partial charge in [0.05, 0.1) is 21.2 Å². The Morgan fingerprint density at radius 2 is 0.970 bits per heavy atom. The second kappa shape index (κ2) is 23.6. The smallest absolute Gasteiger partial charge is 0.506 e. The molecule has 0 aliphatic heterocycles. The summed E-state index contributed by atoms with van der Waals surface area (Å²) in [5.74, 6) is -0.748. The Morgan fingerprint density at radius 3 is 1.29 bits per heavy atom. The molecule has 1 radical (unpaired) electrons. The number of hydrogen-bond donors (Lipinski definition) is 6. The molecule has 0 bridgehead atoms. The zero-order valence-electron chi connectivity index (χ0n) is 35.1. The second-order valence-electron chi connectivity index (χ2n) is 12.9. The molecule has 0 saturated carbocycles. The topological polar surface area (TPSA) is 310 Å². The van der Waals surface area contributed by atoms with Crippen LogP contribution in [0.2, 0.25) is 10.0 Å². The number of carbonyl (C=O) groups is 2. The SMILES string of the molecule is CCNC(=O)NS(=O)(=O)c1ccc(O)c(N=N[c-]2c(C)nn(-c3ccc(Cl)cc3)c2=O)c1.CCNC(=O)NS(=O)(=O)c1ccc(O)c(N=N[c-]2c(C)nn(-c3ccc(Cl)cc3)c2=O)c1.[Co].[Na+]. The molecule has 0 spiro atoms. The number of sulfonamides is 2. The number of halogens is 2. The van der Waals surface area contributed by atoms with Crippen LogP contribution in [0.3, 0.4) is 0 Å². The van der Waals surface area contributed by atoms with Gasteiger partial charge in [-0.05, 0) is 98.8 Å². The predicted molar refractivity (Wildman–Crippen MR) is 234 cm³/mol. The molecular formula is C38H36Cl2CoN12NaO10S2-. The maximum atomic E-state index is 12.7. The van der Waals surface area contributed by atoms with Gasteiger partial charge in [-0.2, -0.15) is 10.2 Å². The molecule has 0 unspecified atom stereocenters. The first-order valence-corrected chi connectivity index (χ1v) is 22.1. The quantitative estimate of drug-likeness (QED) is 0.0586. The molecule has 2 aromatic heterocycles. The molecule has 0 fully saturated rings. The van der Waals surface area contributed by atoms with Crippen molar-refractivity contribution in [1.82, 2.24) is 39.6 Å². The number of phenols is 2. The Labute approximate surface area is 418 Å². The summed E-state index contributed by atoms with van der Waals surface area (Å²) >= 11 is 11.7. The van der Waals surface area contributed by atoms with Crippen LogP contribution in [-0.4, -0.2) is 71.8 Å². The molecule has 0 atom stereocenters. The van der Waals surface area contributed by atoms with Gasteiger partial charge in [-0.1, -0.05) is 48.4 Å². The van der Waals surface area contributed by atoms with Gasteiger partial charge >= 0.3 is 41.6 Å². The first kappa shape index (κ1) is 54.6. The van der Waals surface area contributed by atoms with Crippen molar-refractivity contribution in [2.75, 3.05) is 13.1 Å². The van der Waals surface area contributed by atoms with Gasteiger partial charge in [0.2, 0.25) is 0 Å². The number of nitrogens with zero attached hydrogens (tertiary/aromatic N) is 8. The fourth-order valence-corrected chi connectivity index (χ4v) is 7.35. The number of azo groups is 2. The van der Waals surface area contributed by atoms with Gasteiger partial charge in [0, 0.05) is 39.9 Å². The number of rotatable bonds is 12. The fraction of sp³-hybridized carbons (Fsp3) is 0.158. The van der Waals surface area contributed by atoms with Crippen LogP contribution in [0.1, 0.15) is 25.2 Å². The van der Waals surface area contributed by atoms with Crippen molar-refractivity contribution in [3.05, 3.63) is 127 Å². The summed E-state index contributed by atoms with van der Waals surface area (Å²) in [6, 6.07) is 17.5. The van der Waals surface area contributed by atoms with Gasteiger partial charge in [0.1, 0.15) is 34.0 Å². The van der Waals surface area contributed by atoms with Gasteiger partial charge in [0.15, 0.2) is 0 Å². The van der Waals surface area contributed by atoms with E-state index in [9.17, 15) is 46.2 Å². The van der Waals surface area contributed by atoms with Crippen LogP contribution in [0.4, 0.5) is 32.3 Å². The average Bonchev–Trinajstić information content (AvgIpc) is 3.68. The van der Waals surface area contributed by atoms with Crippen molar-refractivity contribution in [2.24, 2.45) is 20.5 Å². The second-order valence-corrected chi connectivity index (χ2v) is 17.1. The number of aryl methyl sites for hydroxylation is 2. The van der Waals surface area contributed by atoms with Crippen molar-refractivity contribution in [1.29, 1.82) is 0 Å². The number of benzene rings is 4. The van der Waals surface area contributed by atoms with Crippen LogP contribution in [0, 0.1) is 13.8 Å². The van der Waals surface area contributed by atoms with E-state index in [1.54, 1.807) is 76.2 Å². The van der Waals surface area contributed by atoms with Crippen molar-refractivity contribution < 1.29 is 83.0 Å². The zero-order chi connectivity index (χ0) is 46.9. The minimum Gasteiger partial charge on any atom is -0.506 e. The van der Waals surface area contributed by atoms with Crippen LogP contribution in [0.5, 0.6) is 11.5 Å². The van der Waals surface area contributed by atoms with Crippen molar-refractivity contribution >= 4 is 78.1 Å². The molecule has 345 valence electrons. The Hall–Kier alpha value is -5.77. The van der Waals surface area contributed by atoms with E-state index in [1.165, 1.54) is 0 Å². The number of amides is 4. The fourth-order valence-electron chi connectivity index (χ4n) is 5.20. The van der Waals surface area contributed by atoms with Crippen LogP contribution in [0.25, 0.3) is 11.4 Å². The number of hydrogen-bond acceptors (Lipinski definition) is 16. The maximum absolute atomic E-state index is 12.7. The van der Waals surface area contributed by atoms with E-state index in [4.69, 9.17) is 23.2 Å². The minimum atomic E-state index is -4.22. The van der Waals surface area contributed by atoms with Gasteiger partial charge in [-0.25, -0.2) is 55.4 Å². The Morgan fingerprint density at radius 1 is 0.636 bits per heavy atom. The van der Waals surface area contributed by atoms with E-state index in [0.717, 1.165) is 45.8 Å². The van der Waals surface area contributed by atoms with Gasteiger partial charge in [-0.15, -0.1) is 11.4 Å². The molecule has 6 rings (SSSR count). The molecule has 66 heavy (non-hydrogen) atoms. The number of urea groups is 2. The molecular weight excluding hydrogens is 1000 g/mol. The summed E-state index contributed by atoms with van der Waals surface area (Å²) < 4.78 is 55.3. The van der Waals surface area contributed by atoms with Crippen molar-refractivity contribution in [3.8, 4) is 22.9 Å². The standard InChI is InChI=1S/2C19H18ClN6O5S.Co.Na/c2*1-3-21-19(29)25-32(30,31)14-8-9-16(27)15(10-14)22-23-17-11(2)24-26(18(17)28)13-6-4-12(20)5-7-13;;/h2*4-10,27H,3H2,1-2H3,(H2,21,25,29);;/q2*-1;;+1. The molecule has 22 nitrogen and oxygen atoms in total. The summed E-state index contributed by atoms with van der Waals surface area (Å²) in [6.07, 6.45) is 0. The van der Waals surface area contributed by atoms with Gasteiger partial charge in [-0.3, -0.25) is 0 Å². The zero-order valence-corrected chi connectivity index (χ0v) is 41.3. The maximum Gasteiger partial charge on any atom is 1.00 e. The molecule has 0 aliphatic carbocycles. The van der Waals surface area contributed by atoms with Crippen LogP contribution < -0.4 is 60.8 Å². The van der Waals surface area contributed by atoms with Crippen LogP contribution >= 0.6 is 23.2 Å². The number of carbonyl (C=O) groups excluding carboxylic acids is 2. The number of nitrogens with one attached hydrogen (secondary N) is 4. The summed E-state index contributed by atoms with van der Waals surface area (Å²) in [7, 11) is -8.44. The molecule has 2 heterocycles. The Kier molecular flexibility index (Phi) is 19.5. The molecule has 0 saturated heterocycles. The molecule has 4 amide bonds. The number of aromatic hydroxyl groups is 2. The predicted octanol–water partition coefficient (Wildman–Crippen LogP) is 3.09. The average molecular weight is 1040 g/mol. The van der Waals surface area contributed by atoms with Crippen molar-refractivity contribution in [3.63, 3.8) is 0 Å². The first-order chi connectivity index (χ1) is 30.2. The van der Waals surface area contributed by atoms with Gasteiger partial charge < -0.3 is 40.7 Å². The monoisotopic (exact) mass is 1040 g/mol. The van der Waals surface area contributed by atoms with Crippen LogP contribution in [0.15, 0.2) is 125 Å². The third-order valence-electron chi connectivity index (χ3n) is 8.28. The van der Waals surface area contributed by atoms with Crippen LogP contribution in [-0.2, 0) is 36.8 Å². The Balaban J connectivity index is 0.000000340. The largest absolute Gasteiger partial charge is 1.00 e. The summed E-state index contributed by atoms with van der Waals surface area (Å²) in [5, 5.41) is 49.3. The van der Waals surface area contributed by atoms with E-state index in [-0.39, 0.29) is 115 Å². The molecule has 4 aromatic carbocycles. The summed E-state index contributed by atoms with van der Waals surface area (Å²) in [5.41, 5.74) is -0.258. The molecule has 28 heteroatoms. The molecule has 6 N–H and O–H groups in total. The van der Waals surface area contributed by atoms with Gasteiger partial charge in [0.25, 0.3) is 20.0 Å². The molecule has 0 aliphatic rings. The third kappa shape index (κ3) is 13.6. The number of phenolic OH excluding ortho intramolecular Hbond substituents is 2. The Bertz CT molecular complexity index is 2920. The van der Waals surface area contributed by atoms with E-state index in [1.807, 2.05) is 9.44 Å². The van der Waals surface area contributed by atoms with E-state index in [2.05, 4.69) is 41.3 Å². The third-order valence-corrected chi connectivity index (χ3v) is 11.4. The minimum absolute atomic E-state index is 0. The van der Waals surface area contributed by atoms with E-state index >= 15 is 0 Å². The summed E-state index contributed by atoms with van der Waals surface area (Å²) in [4.78, 5) is 47.9.